The van der Waals surface area contributed by atoms with Crippen molar-refractivity contribution >= 4 is 10.0 Å². The van der Waals surface area contributed by atoms with Gasteiger partial charge in [-0.3, -0.25) is 9.36 Å². The summed E-state index contributed by atoms with van der Waals surface area (Å²) in [7, 11) is -0.552. The van der Waals surface area contributed by atoms with Crippen molar-refractivity contribution in [1.29, 1.82) is 0 Å². The first kappa shape index (κ1) is 18.0. The summed E-state index contributed by atoms with van der Waals surface area (Å²) in [5, 5.41) is 0. The maximum absolute atomic E-state index is 13.2. The predicted molar refractivity (Wildman–Crippen MR) is 81.9 cm³/mol. The van der Waals surface area contributed by atoms with Crippen LogP contribution in [-0.4, -0.2) is 28.9 Å². The third kappa shape index (κ3) is 3.15. The van der Waals surface area contributed by atoms with Gasteiger partial charge in [0.15, 0.2) is 16.5 Å². The van der Waals surface area contributed by atoms with Gasteiger partial charge in [-0.05, 0) is 17.7 Å². The van der Waals surface area contributed by atoms with Crippen LogP contribution in [0, 0.1) is 11.6 Å². The first-order valence-corrected chi connectivity index (χ1v) is 8.16. The van der Waals surface area contributed by atoms with E-state index in [4.69, 9.17) is 0 Å². The van der Waals surface area contributed by atoms with Gasteiger partial charge in [0.05, 0.1) is 0 Å². The number of sulfonamides is 1. The van der Waals surface area contributed by atoms with Crippen LogP contribution in [-0.2, 0) is 30.7 Å². The monoisotopic (exact) mass is 359 g/mol. The van der Waals surface area contributed by atoms with Gasteiger partial charge in [-0.15, -0.1) is 0 Å². The molecule has 0 unspecified atom stereocenters. The first-order chi connectivity index (χ1) is 11.1. The van der Waals surface area contributed by atoms with Gasteiger partial charge in [-0.1, -0.05) is 6.07 Å². The smallest absolute Gasteiger partial charge is 0.302 e. The van der Waals surface area contributed by atoms with Crippen molar-refractivity contribution in [2.24, 2.45) is 14.1 Å². The zero-order chi connectivity index (χ0) is 18.2. The SMILES string of the molecule is CN(Cc1ccc(F)c(F)c1)S(=O)(=O)c1cn(C)c(=O)n(C)c1=O. The van der Waals surface area contributed by atoms with Crippen LogP contribution < -0.4 is 11.2 Å². The van der Waals surface area contributed by atoms with Gasteiger partial charge in [-0.2, -0.15) is 4.31 Å². The third-order valence-electron chi connectivity index (χ3n) is 3.49. The predicted octanol–water partition coefficient (Wildman–Crippen LogP) is 0.183. The van der Waals surface area contributed by atoms with Crippen molar-refractivity contribution in [3.05, 3.63) is 62.4 Å². The molecule has 0 atom stereocenters. The number of nitrogens with zero attached hydrogens (tertiary/aromatic N) is 3. The van der Waals surface area contributed by atoms with Crippen LogP contribution in [0.5, 0.6) is 0 Å². The van der Waals surface area contributed by atoms with Crippen LogP contribution in [0.4, 0.5) is 8.78 Å². The van der Waals surface area contributed by atoms with E-state index in [0.717, 1.165) is 27.2 Å². The maximum Gasteiger partial charge on any atom is 0.330 e. The maximum atomic E-state index is 13.2. The fourth-order valence-electron chi connectivity index (χ4n) is 2.10. The topological polar surface area (TPSA) is 81.4 Å². The van der Waals surface area contributed by atoms with Gasteiger partial charge in [0.1, 0.15) is 0 Å². The Balaban J connectivity index is 2.45. The van der Waals surface area contributed by atoms with E-state index in [1.807, 2.05) is 0 Å². The molecule has 0 fully saturated rings. The van der Waals surface area contributed by atoms with Gasteiger partial charge < -0.3 is 4.57 Å². The first-order valence-electron chi connectivity index (χ1n) is 6.72. The summed E-state index contributed by atoms with van der Waals surface area (Å²) in [6.07, 6.45) is 0.932. The molecule has 130 valence electrons. The van der Waals surface area contributed by atoms with Crippen LogP contribution in [0.1, 0.15) is 5.56 Å². The fourth-order valence-corrected chi connectivity index (χ4v) is 3.40. The number of halogens is 2. The summed E-state index contributed by atoms with van der Waals surface area (Å²) in [4.78, 5) is 23.1. The molecule has 0 saturated heterocycles. The minimum absolute atomic E-state index is 0.210. The minimum Gasteiger partial charge on any atom is -0.302 e. The molecule has 2 rings (SSSR count). The molecule has 7 nitrogen and oxygen atoms in total. The Hall–Kier alpha value is -2.33. The van der Waals surface area contributed by atoms with Crippen LogP contribution in [0.25, 0.3) is 0 Å². The minimum atomic E-state index is -4.23. The number of rotatable bonds is 4. The molecule has 2 aromatic rings. The quantitative estimate of drug-likeness (QED) is 0.780. The highest BCUT2D eigenvalue weighted by molar-refractivity contribution is 7.89. The summed E-state index contributed by atoms with van der Waals surface area (Å²) >= 11 is 0. The highest BCUT2D eigenvalue weighted by atomic mass is 32.2. The lowest BCUT2D eigenvalue weighted by atomic mass is 10.2. The Morgan fingerprint density at radius 2 is 1.75 bits per heavy atom. The summed E-state index contributed by atoms with van der Waals surface area (Å²) in [6.45, 7) is -0.272. The molecule has 0 spiro atoms. The summed E-state index contributed by atoms with van der Waals surface area (Å²) < 4.78 is 53.7. The van der Waals surface area contributed by atoms with Crippen molar-refractivity contribution in [1.82, 2.24) is 13.4 Å². The van der Waals surface area contributed by atoms with Crippen LogP contribution in [0.2, 0.25) is 0 Å². The second kappa shape index (κ2) is 6.29. The van der Waals surface area contributed by atoms with E-state index in [1.165, 1.54) is 27.2 Å². The van der Waals surface area contributed by atoms with Crippen LogP contribution in [0.15, 0.2) is 38.9 Å². The lowest BCUT2D eigenvalue weighted by Crippen LogP contribution is -2.41. The molecule has 0 aliphatic carbocycles. The summed E-state index contributed by atoms with van der Waals surface area (Å²) in [5.74, 6) is -2.15. The van der Waals surface area contributed by atoms with E-state index >= 15 is 0 Å². The molecule has 1 heterocycles. The average Bonchev–Trinajstić information content (AvgIpc) is 2.52. The van der Waals surface area contributed by atoms with Crippen LogP contribution >= 0.6 is 0 Å². The molecular formula is C14H15F2N3O4S. The third-order valence-corrected chi connectivity index (χ3v) is 5.28. The average molecular weight is 359 g/mol. The van der Waals surface area contributed by atoms with Crippen LogP contribution in [0.3, 0.4) is 0 Å². The van der Waals surface area contributed by atoms with Crippen molar-refractivity contribution in [3.63, 3.8) is 0 Å². The Bertz CT molecular complexity index is 1010. The van der Waals surface area contributed by atoms with E-state index < -0.39 is 37.8 Å². The lowest BCUT2D eigenvalue weighted by molar-refractivity contribution is 0.458. The molecule has 1 aromatic heterocycles. The molecule has 0 amide bonds. The van der Waals surface area contributed by atoms with Crippen molar-refractivity contribution in [2.75, 3.05) is 7.05 Å². The van der Waals surface area contributed by atoms with E-state index in [9.17, 15) is 26.8 Å². The molecule has 24 heavy (non-hydrogen) atoms. The summed E-state index contributed by atoms with van der Waals surface area (Å²) in [6, 6.07) is 3.00. The molecule has 0 bridgehead atoms. The highest BCUT2D eigenvalue weighted by Gasteiger charge is 2.26. The summed E-state index contributed by atoms with van der Waals surface area (Å²) in [5.41, 5.74) is -1.42. The molecule has 0 radical (unpaired) electrons. The van der Waals surface area contributed by atoms with Crippen molar-refractivity contribution in [2.45, 2.75) is 11.4 Å². The fraction of sp³-hybridized carbons (Fsp3) is 0.286. The number of aromatic nitrogens is 2. The van der Waals surface area contributed by atoms with Gasteiger partial charge >= 0.3 is 5.69 Å². The molecule has 0 N–H and O–H groups in total. The van der Waals surface area contributed by atoms with Gasteiger partial charge in [0, 0.05) is 33.9 Å². The molecule has 0 aliphatic heterocycles. The van der Waals surface area contributed by atoms with Gasteiger partial charge in [0.25, 0.3) is 5.56 Å². The van der Waals surface area contributed by atoms with Crippen molar-refractivity contribution < 1.29 is 17.2 Å². The van der Waals surface area contributed by atoms with Gasteiger partial charge in [0.2, 0.25) is 10.0 Å². The largest absolute Gasteiger partial charge is 0.330 e. The molecule has 0 saturated carbocycles. The number of hydrogen-bond acceptors (Lipinski definition) is 4. The standard InChI is InChI=1S/C14H15F2N3O4S/c1-17-8-12(13(20)19(3)14(17)21)24(22,23)18(2)7-9-4-5-10(15)11(16)6-9/h4-6,8H,7H2,1-3H3. The molecule has 0 aliphatic rings. The van der Waals surface area contributed by atoms with Crippen molar-refractivity contribution in [3.8, 4) is 0 Å². The zero-order valence-corrected chi connectivity index (χ0v) is 14.0. The second-order valence-corrected chi connectivity index (χ2v) is 7.27. The highest BCUT2D eigenvalue weighted by Crippen LogP contribution is 2.15. The van der Waals surface area contributed by atoms with Gasteiger partial charge in [-0.25, -0.2) is 22.0 Å². The van der Waals surface area contributed by atoms with E-state index in [0.29, 0.717) is 4.57 Å². The Labute approximate surface area is 136 Å². The number of hydrogen-bond donors (Lipinski definition) is 0. The molecular weight excluding hydrogens is 344 g/mol. The number of aryl methyl sites for hydroxylation is 1. The van der Waals surface area contributed by atoms with E-state index in [1.54, 1.807) is 0 Å². The Kier molecular flexibility index (Phi) is 4.72. The Morgan fingerprint density at radius 3 is 2.33 bits per heavy atom. The molecule has 1 aromatic carbocycles. The number of benzene rings is 1. The second-order valence-electron chi connectivity index (χ2n) is 5.26. The normalized spacial score (nSPS) is 11.9. The van der Waals surface area contributed by atoms with E-state index in [2.05, 4.69) is 0 Å². The molecule has 10 heteroatoms. The zero-order valence-electron chi connectivity index (χ0n) is 13.2. The van der Waals surface area contributed by atoms with E-state index in [-0.39, 0.29) is 12.1 Å². The Morgan fingerprint density at radius 1 is 1.12 bits per heavy atom. The lowest BCUT2D eigenvalue weighted by Gasteiger charge is -2.17.